The molecule has 1 aromatic rings. The van der Waals surface area contributed by atoms with Crippen LogP contribution in [0.4, 0.5) is 11.4 Å². The van der Waals surface area contributed by atoms with Crippen LogP contribution in [0.25, 0.3) is 0 Å². The summed E-state index contributed by atoms with van der Waals surface area (Å²) in [6.07, 6.45) is 1.02. The number of benzene rings is 1. The van der Waals surface area contributed by atoms with Crippen molar-refractivity contribution in [2.45, 2.75) is 13.3 Å². The normalized spacial score (nSPS) is 9.94. The van der Waals surface area contributed by atoms with E-state index in [9.17, 15) is 4.79 Å². The van der Waals surface area contributed by atoms with Gasteiger partial charge in [0.05, 0.1) is 18.4 Å². The van der Waals surface area contributed by atoms with E-state index in [-0.39, 0.29) is 5.97 Å². The van der Waals surface area contributed by atoms with E-state index in [0.717, 1.165) is 18.7 Å². The molecule has 0 spiro atoms. The minimum Gasteiger partial charge on any atom is -0.465 e. The third-order valence-corrected chi connectivity index (χ3v) is 2.40. The molecule has 0 aliphatic heterocycles. The molecular formula is C12H18N2O2. The molecule has 0 fully saturated rings. The number of ether oxygens (including phenoxy) is 1. The number of anilines is 2. The molecule has 0 bridgehead atoms. The van der Waals surface area contributed by atoms with E-state index in [1.165, 1.54) is 7.11 Å². The fraction of sp³-hybridized carbons (Fsp3) is 0.417. The molecule has 2 N–H and O–H groups in total. The average molecular weight is 222 g/mol. The Kier molecular flexibility index (Phi) is 4.17. The monoisotopic (exact) mass is 222 g/mol. The Balaban J connectivity index is 3.11. The smallest absolute Gasteiger partial charge is 0.340 e. The van der Waals surface area contributed by atoms with Crippen LogP contribution >= 0.6 is 0 Å². The van der Waals surface area contributed by atoms with Gasteiger partial charge in [0, 0.05) is 19.3 Å². The van der Waals surface area contributed by atoms with Gasteiger partial charge in [-0.25, -0.2) is 4.79 Å². The zero-order valence-corrected chi connectivity index (χ0v) is 9.99. The lowest BCUT2D eigenvalue weighted by Crippen LogP contribution is -2.21. The number of nitrogen functional groups attached to an aromatic ring is 1. The van der Waals surface area contributed by atoms with Crippen LogP contribution in [0.2, 0.25) is 0 Å². The van der Waals surface area contributed by atoms with Gasteiger partial charge in [0.15, 0.2) is 0 Å². The number of hydrogen-bond donors (Lipinski definition) is 1. The second-order valence-corrected chi connectivity index (χ2v) is 3.69. The summed E-state index contributed by atoms with van der Waals surface area (Å²) in [4.78, 5) is 13.6. The van der Waals surface area contributed by atoms with Crippen molar-refractivity contribution < 1.29 is 9.53 Å². The third kappa shape index (κ3) is 2.66. The molecule has 16 heavy (non-hydrogen) atoms. The fourth-order valence-corrected chi connectivity index (χ4v) is 1.62. The maximum atomic E-state index is 11.6. The number of esters is 1. The molecule has 0 radical (unpaired) electrons. The van der Waals surface area contributed by atoms with Crippen molar-refractivity contribution >= 4 is 17.3 Å². The zero-order valence-electron chi connectivity index (χ0n) is 9.99. The molecule has 0 amide bonds. The standard InChI is InChI=1S/C12H18N2O2/c1-4-7-14(2)11-6-5-9(13)8-10(11)12(15)16-3/h5-6,8H,4,7,13H2,1-3H3. The predicted molar refractivity (Wildman–Crippen MR) is 65.8 cm³/mol. The summed E-state index contributed by atoms with van der Waals surface area (Å²) in [6, 6.07) is 5.28. The van der Waals surface area contributed by atoms with E-state index in [2.05, 4.69) is 6.92 Å². The van der Waals surface area contributed by atoms with Gasteiger partial charge in [-0.1, -0.05) is 6.92 Å². The number of carbonyl (C=O) groups is 1. The van der Waals surface area contributed by atoms with Gasteiger partial charge in [-0.05, 0) is 24.6 Å². The summed E-state index contributed by atoms with van der Waals surface area (Å²) in [7, 11) is 3.32. The number of nitrogens with zero attached hydrogens (tertiary/aromatic N) is 1. The average Bonchev–Trinajstić information content (AvgIpc) is 2.28. The minimum atomic E-state index is -0.356. The Labute approximate surface area is 96.0 Å². The molecule has 0 unspecified atom stereocenters. The summed E-state index contributed by atoms with van der Waals surface area (Å²) >= 11 is 0. The molecule has 0 heterocycles. The molecule has 0 atom stereocenters. The first kappa shape index (κ1) is 12.4. The molecule has 0 aromatic heterocycles. The summed E-state index contributed by atoms with van der Waals surface area (Å²) in [5.41, 5.74) is 7.59. The Hall–Kier alpha value is -1.71. The highest BCUT2D eigenvalue weighted by Gasteiger charge is 2.14. The van der Waals surface area contributed by atoms with Crippen molar-refractivity contribution in [2.75, 3.05) is 31.3 Å². The molecule has 1 rings (SSSR count). The quantitative estimate of drug-likeness (QED) is 0.624. The molecule has 0 aliphatic carbocycles. The second kappa shape index (κ2) is 5.39. The second-order valence-electron chi connectivity index (χ2n) is 3.69. The molecule has 88 valence electrons. The lowest BCUT2D eigenvalue weighted by molar-refractivity contribution is 0.0601. The van der Waals surface area contributed by atoms with Crippen LogP contribution in [0.1, 0.15) is 23.7 Å². The van der Waals surface area contributed by atoms with Crippen molar-refractivity contribution in [3.63, 3.8) is 0 Å². The number of carbonyl (C=O) groups excluding carboxylic acids is 1. The van der Waals surface area contributed by atoms with Crippen molar-refractivity contribution in [3.8, 4) is 0 Å². The number of methoxy groups -OCH3 is 1. The van der Waals surface area contributed by atoms with Gasteiger partial charge >= 0.3 is 5.97 Å². The first-order chi connectivity index (χ1) is 7.60. The Bertz CT molecular complexity index is 377. The minimum absolute atomic E-state index is 0.356. The zero-order chi connectivity index (χ0) is 12.1. The van der Waals surface area contributed by atoms with Crippen LogP contribution in [0.3, 0.4) is 0 Å². The predicted octanol–water partition coefficient (Wildman–Crippen LogP) is 1.90. The molecule has 0 saturated heterocycles. The van der Waals surface area contributed by atoms with Crippen molar-refractivity contribution in [2.24, 2.45) is 0 Å². The highest BCUT2D eigenvalue weighted by Crippen LogP contribution is 2.23. The van der Waals surface area contributed by atoms with Crippen LogP contribution < -0.4 is 10.6 Å². The van der Waals surface area contributed by atoms with Gasteiger partial charge in [0.25, 0.3) is 0 Å². The molecular weight excluding hydrogens is 204 g/mol. The van der Waals surface area contributed by atoms with Crippen molar-refractivity contribution in [1.29, 1.82) is 0 Å². The molecule has 4 heteroatoms. The third-order valence-electron chi connectivity index (χ3n) is 2.40. The van der Waals surface area contributed by atoms with Crippen molar-refractivity contribution in [3.05, 3.63) is 23.8 Å². The summed E-state index contributed by atoms with van der Waals surface area (Å²) in [5.74, 6) is -0.356. The summed E-state index contributed by atoms with van der Waals surface area (Å²) < 4.78 is 4.74. The summed E-state index contributed by atoms with van der Waals surface area (Å²) in [6.45, 7) is 2.97. The van der Waals surface area contributed by atoms with Crippen LogP contribution in [0.5, 0.6) is 0 Å². The number of hydrogen-bond acceptors (Lipinski definition) is 4. The van der Waals surface area contributed by atoms with Crippen LogP contribution in [-0.2, 0) is 4.74 Å². The van der Waals surface area contributed by atoms with E-state index < -0.39 is 0 Å². The number of nitrogens with two attached hydrogens (primary N) is 1. The van der Waals surface area contributed by atoms with Gasteiger partial charge in [-0.2, -0.15) is 0 Å². The Morgan fingerprint density at radius 2 is 2.19 bits per heavy atom. The van der Waals surface area contributed by atoms with Crippen molar-refractivity contribution in [1.82, 2.24) is 0 Å². The van der Waals surface area contributed by atoms with Gasteiger partial charge in [-0.15, -0.1) is 0 Å². The van der Waals surface area contributed by atoms with Gasteiger partial charge in [0.1, 0.15) is 0 Å². The maximum Gasteiger partial charge on any atom is 0.340 e. The highest BCUT2D eigenvalue weighted by molar-refractivity contribution is 5.96. The summed E-state index contributed by atoms with van der Waals surface area (Å²) in [5, 5.41) is 0. The van der Waals surface area contributed by atoms with Gasteiger partial charge in [-0.3, -0.25) is 0 Å². The van der Waals surface area contributed by atoms with Gasteiger partial charge in [0.2, 0.25) is 0 Å². The van der Waals surface area contributed by atoms with Crippen LogP contribution in [0, 0.1) is 0 Å². The first-order valence-corrected chi connectivity index (χ1v) is 5.29. The SMILES string of the molecule is CCCN(C)c1ccc(N)cc1C(=O)OC. The fourth-order valence-electron chi connectivity index (χ4n) is 1.62. The molecule has 4 nitrogen and oxygen atoms in total. The van der Waals surface area contributed by atoms with Gasteiger partial charge < -0.3 is 15.4 Å². The van der Waals surface area contributed by atoms with E-state index in [4.69, 9.17) is 10.5 Å². The Morgan fingerprint density at radius 1 is 1.50 bits per heavy atom. The van der Waals surface area contributed by atoms with Crippen LogP contribution in [0.15, 0.2) is 18.2 Å². The van der Waals surface area contributed by atoms with E-state index in [0.29, 0.717) is 11.3 Å². The number of rotatable bonds is 4. The molecule has 0 aliphatic rings. The molecule has 1 aromatic carbocycles. The lowest BCUT2D eigenvalue weighted by atomic mass is 10.1. The molecule has 0 saturated carbocycles. The van der Waals surface area contributed by atoms with E-state index in [1.807, 2.05) is 18.0 Å². The van der Waals surface area contributed by atoms with Crippen LogP contribution in [-0.4, -0.2) is 26.7 Å². The lowest BCUT2D eigenvalue weighted by Gasteiger charge is -2.21. The topological polar surface area (TPSA) is 55.6 Å². The largest absolute Gasteiger partial charge is 0.465 e. The maximum absolute atomic E-state index is 11.6. The Morgan fingerprint density at radius 3 is 2.75 bits per heavy atom. The van der Waals surface area contributed by atoms with E-state index >= 15 is 0 Å². The first-order valence-electron chi connectivity index (χ1n) is 5.29. The van der Waals surface area contributed by atoms with E-state index in [1.54, 1.807) is 12.1 Å². The highest BCUT2D eigenvalue weighted by atomic mass is 16.5.